The van der Waals surface area contributed by atoms with Gasteiger partial charge in [-0.3, -0.25) is 0 Å². The second-order valence-electron chi connectivity index (χ2n) is 2.84. The highest BCUT2D eigenvalue weighted by Crippen LogP contribution is 2.25. The summed E-state index contributed by atoms with van der Waals surface area (Å²) in [7, 11) is 3.14. The summed E-state index contributed by atoms with van der Waals surface area (Å²) in [6, 6.07) is 3.85. The number of amides is 1. The van der Waals surface area contributed by atoms with E-state index < -0.39 is 6.09 Å². The first-order valence-electron chi connectivity index (χ1n) is 3.85. The van der Waals surface area contributed by atoms with Gasteiger partial charge in [-0.2, -0.15) is 0 Å². The monoisotopic (exact) mass is 261 g/mol. The number of rotatable bonds is 1. The van der Waals surface area contributed by atoms with Crippen LogP contribution in [0, 0.1) is 5.82 Å². The van der Waals surface area contributed by atoms with Crippen LogP contribution < -0.4 is 4.74 Å². The number of benzene rings is 1. The highest BCUT2D eigenvalue weighted by Gasteiger charge is 2.09. The summed E-state index contributed by atoms with van der Waals surface area (Å²) >= 11 is 3.09. The van der Waals surface area contributed by atoms with Gasteiger partial charge >= 0.3 is 6.09 Å². The van der Waals surface area contributed by atoms with Gasteiger partial charge in [-0.1, -0.05) is 0 Å². The van der Waals surface area contributed by atoms with Gasteiger partial charge in [0.15, 0.2) is 0 Å². The lowest BCUT2D eigenvalue weighted by Gasteiger charge is -2.11. The van der Waals surface area contributed by atoms with Gasteiger partial charge in [0.2, 0.25) is 0 Å². The molecule has 1 aromatic rings. The molecule has 1 amide bonds. The van der Waals surface area contributed by atoms with Crippen molar-refractivity contribution >= 4 is 22.0 Å². The fourth-order valence-electron chi connectivity index (χ4n) is 0.743. The largest absolute Gasteiger partial charge is 0.414 e. The van der Waals surface area contributed by atoms with Crippen molar-refractivity contribution in [3.8, 4) is 5.75 Å². The van der Waals surface area contributed by atoms with Crippen molar-refractivity contribution in [1.29, 1.82) is 0 Å². The minimum atomic E-state index is -0.502. The van der Waals surface area contributed by atoms with Crippen LogP contribution in [0.4, 0.5) is 9.18 Å². The molecule has 3 nitrogen and oxygen atoms in total. The Labute approximate surface area is 89.6 Å². The van der Waals surface area contributed by atoms with E-state index in [2.05, 4.69) is 15.9 Å². The van der Waals surface area contributed by atoms with Gasteiger partial charge in [0, 0.05) is 14.1 Å². The zero-order valence-corrected chi connectivity index (χ0v) is 9.34. The van der Waals surface area contributed by atoms with Crippen molar-refractivity contribution in [2.75, 3.05) is 14.1 Å². The highest BCUT2D eigenvalue weighted by molar-refractivity contribution is 9.10. The summed E-state index contributed by atoms with van der Waals surface area (Å²) in [5, 5.41) is 0. The van der Waals surface area contributed by atoms with Gasteiger partial charge in [0.05, 0.1) is 4.47 Å². The van der Waals surface area contributed by atoms with Crippen molar-refractivity contribution in [1.82, 2.24) is 4.90 Å². The number of hydrogen-bond donors (Lipinski definition) is 0. The topological polar surface area (TPSA) is 29.5 Å². The third-order valence-corrected chi connectivity index (χ3v) is 2.08. The number of carbonyl (C=O) groups is 1. The number of hydrogen-bond acceptors (Lipinski definition) is 2. The standard InChI is InChI=1S/C9H9BrFNO2/c1-12(2)9(13)14-8-4-3-6(11)5-7(8)10/h3-5H,1-2H3. The van der Waals surface area contributed by atoms with Crippen molar-refractivity contribution in [2.24, 2.45) is 0 Å². The molecule has 0 aliphatic rings. The van der Waals surface area contributed by atoms with E-state index >= 15 is 0 Å². The number of carbonyl (C=O) groups excluding carboxylic acids is 1. The fraction of sp³-hybridized carbons (Fsp3) is 0.222. The van der Waals surface area contributed by atoms with E-state index in [-0.39, 0.29) is 5.82 Å². The quantitative estimate of drug-likeness (QED) is 0.778. The molecule has 5 heteroatoms. The number of halogens is 2. The summed E-state index contributed by atoms with van der Waals surface area (Å²) < 4.78 is 18.0. The van der Waals surface area contributed by atoms with Crippen LogP contribution in [-0.2, 0) is 0 Å². The van der Waals surface area contributed by atoms with Crippen LogP contribution in [0.5, 0.6) is 5.75 Å². The molecule has 0 aromatic heterocycles. The predicted octanol–water partition coefficient (Wildman–Crippen LogP) is 2.65. The van der Waals surface area contributed by atoms with E-state index in [0.29, 0.717) is 10.2 Å². The summed E-state index contributed by atoms with van der Waals surface area (Å²) in [5.74, 6) is -0.0911. The molecule has 0 unspecified atom stereocenters. The molecule has 0 saturated heterocycles. The molecule has 14 heavy (non-hydrogen) atoms. The Morgan fingerprint density at radius 2 is 2.14 bits per heavy atom. The lowest BCUT2D eigenvalue weighted by atomic mass is 10.3. The summed E-state index contributed by atoms with van der Waals surface area (Å²) in [6.07, 6.45) is -0.502. The zero-order chi connectivity index (χ0) is 10.7. The Morgan fingerprint density at radius 3 is 2.64 bits per heavy atom. The first-order valence-corrected chi connectivity index (χ1v) is 4.64. The minimum absolute atomic E-state index is 0.296. The van der Waals surface area contributed by atoms with E-state index in [1.807, 2.05) is 0 Å². The van der Waals surface area contributed by atoms with E-state index in [4.69, 9.17) is 4.74 Å². The van der Waals surface area contributed by atoms with E-state index in [1.165, 1.54) is 23.1 Å². The molecule has 0 radical (unpaired) electrons. The Morgan fingerprint density at radius 1 is 1.50 bits per heavy atom. The molecule has 0 heterocycles. The Hall–Kier alpha value is -1.10. The molecule has 0 fully saturated rings. The van der Waals surface area contributed by atoms with Gasteiger partial charge in [-0.05, 0) is 34.1 Å². The van der Waals surface area contributed by atoms with Gasteiger partial charge < -0.3 is 9.64 Å². The van der Waals surface area contributed by atoms with Crippen LogP contribution in [0.25, 0.3) is 0 Å². The van der Waals surface area contributed by atoms with Crippen LogP contribution in [0.1, 0.15) is 0 Å². The minimum Gasteiger partial charge on any atom is -0.409 e. The van der Waals surface area contributed by atoms with Crippen molar-refractivity contribution in [2.45, 2.75) is 0 Å². The lowest BCUT2D eigenvalue weighted by molar-refractivity contribution is 0.171. The SMILES string of the molecule is CN(C)C(=O)Oc1ccc(F)cc1Br. The molecule has 0 spiro atoms. The molecular weight excluding hydrogens is 253 g/mol. The molecule has 0 saturated carbocycles. The summed E-state index contributed by atoms with van der Waals surface area (Å²) in [5.41, 5.74) is 0. The van der Waals surface area contributed by atoms with Gasteiger partial charge in [0.25, 0.3) is 0 Å². The number of ether oxygens (including phenoxy) is 1. The normalized spacial score (nSPS) is 9.71. The maximum atomic E-state index is 12.7. The van der Waals surface area contributed by atoms with E-state index in [0.717, 1.165) is 0 Å². The highest BCUT2D eigenvalue weighted by atomic mass is 79.9. The first kappa shape index (κ1) is 11.0. The molecule has 0 N–H and O–H groups in total. The second kappa shape index (κ2) is 4.41. The van der Waals surface area contributed by atoms with Gasteiger partial charge in [-0.15, -0.1) is 0 Å². The van der Waals surface area contributed by atoms with Gasteiger partial charge in [0.1, 0.15) is 11.6 Å². The lowest BCUT2D eigenvalue weighted by Crippen LogP contribution is -2.25. The fourth-order valence-corrected chi connectivity index (χ4v) is 1.18. The predicted molar refractivity (Wildman–Crippen MR) is 53.8 cm³/mol. The number of nitrogens with zero attached hydrogens (tertiary/aromatic N) is 1. The molecule has 76 valence electrons. The third-order valence-electron chi connectivity index (χ3n) is 1.46. The van der Waals surface area contributed by atoms with Crippen LogP contribution in [-0.4, -0.2) is 25.1 Å². The molecule has 0 bridgehead atoms. The molecule has 0 aliphatic heterocycles. The van der Waals surface area contributed by atoms with Crippen molar-refractivity contribution in [3.05, 3.63) is 28.5 Å². The first-order chi connectivity index (χ1) is 6.50. The summed E-state index contributed by atoms with van der Waals surface area (Å²) in [4.78, 5) is 12.4. The molecule has 0 atom stereocenters. The summed E-state index contributed by atoms with van der Waals surface area (Å²) in [6.45, 7) is 0. The zero-order valence-electron chi connectivity index (χ0n) is 7.75. The van der Waals surface area contributed by atoms with Crippen LogP contribution in [0.2, 0.25) is 0 Å². The Kier molecular flexibility index (Phi) is 3.46. The van der Waals surface area contributed by atoms with Crippen molar-refractivity contribution < 1.29 is 13.9 Å². The third kappa shape index (κ3) is 2.70. The van der Waals surface area contributed by atoms with Crippen LogP contribution in [0.3, 0.4) is 0 Å². The second-order valence-corrected chi connectivity index (χ2v) is 3.69. The maximum absolute atomic E-state index is 12.7. The molecule has 1 aromatic carbocycles. The van der Waals surface area contributed by atoms with E-state index in [1.54, 1.807) is 14.1 Å². The molecular formula is C9H9BrFNO2. The van der Waals surface area contributed by atoms with Crippen LogP contribution >= 0.6 is 15.9 Å². The van der Waals surface area contributed by atoms with Crippen LogP contribution in [0.15, 0.2) is 22.7 Å². The average Bonchev–Trinajstić information content (AvgIpc) is 2.09. The van der Waals surface area contributed by atoms with Gasteiger partial charge in [-0.25, -0.2) is 9.18 Å². The maximum Gasteiger partial charge on any atom is 0.414 e. The van der Waals surface area contributed by atoms with Crippen molar-refractivity contribution in [3.63, 3.8) is 0 Å². The van der Waals surface area contributed by atoms with E-state index in [9.17, 15) is 9.18 Å². The Balaban J connectivity index is 2.82. The Bertz CT molecular complexity index is 355. The smallest absolute Gasteiger partial charge is 0.409 e. The molecule has 0 aliphatic carbocycles. The molecule has 1 rings (SSSR count). The average molecular weight is 262 g/mol.